The number of rotatable bonds is 7. The molecule has 1 heterocycles. The Morgan fingerprint density at radius 3 is 2.50 bits per heavy atom. The Kier molecular flexibility index (Phi) is 8.70. The summed E-state index contributed by atoms with van der Waals surface area (Å²) in [6, 6.07) is 0. The highest BCUT2D eigenvalue weighted by atomic mass is 35.5. The SMILES string of the molecule is CC(C)C[C@H](CN)CC(=O)OCC1CCCS1(=O)=O.Cl. The average Bonchev–Trinajstić information content (AvgIpc) is 2.64. The first kappa shape index (κ1) is 19.7. The van der Waals surface area contributed by atoms with E-state index < -0.39 is 15.1 Å². The van der Waals surface area contributed by atoms with Crippen molar-refractivity contribution in [3.05, 3.63) is 0 Å². The lowest BCUT2D eigenvalue weighted by molar-refractivity contribution is -0.144. The summed E-state index contributed by atoms with van der Waals surface area (Å²) < 4.78 is 28.3. The van der Waals surface area contributed by atoms with Crippen molar-refractivity contribution in [1.82, 2.24) is 0 Å². The fraction of sp³-hybridized carbons (Fsp3) is 0.923. The lowest BCUT2D eigenvalue weighted by Gasteiger charge is -2.17. The quantitative estimate of drug-likeness (QED) is 0.717. The second-order valence-corrected chi connectivity index (χ2v) is 8.15. The number of hydrogen-bond donors (Lipinski definition) is 1. The fourth-order valence-corrected chi connectivity index (χ4v) is 4.16. The third-order valence-corrected chi connectivity index (χ3v) is 5.73. The zero-order valence-electron chi connectivity index (χ0n) is 12.2. The van der Waals surface area contributed by atoms with E-state index in [1.807, 2.05) is 0 Å². The second kappa shape index (κ2) is 8.85. The number of nitrogens with two attached hydrogens (primary N) is 1. The topological polar surface area (TPSA) is 86.5 Å². The molecule has 1 rings (SSSR count). The van der Waals surface area contributed by atoms with Gasteiger partial charge in [-0.2, -0.15) is 0 Å². The first-order chi connectivity index (χ1) is 8.85. The standard InChI is InChI=1S/C13H25NO4S.ClH/c1-10(2)6-11(8-14)7-13(15)18-9-12-4-3-5-19(12,16)17;/h10-12H,3-9,14H2,1-2H3;1H/t11-,12?;/m0./s1. The Hall–Kier alpha value is -0.330. The number of carbonyl (C=O) groups excluding carboxylic acids is 1. The Morgan fingerprint density at radius 1 is 1.40 bits per heavy atom. The van der Waals surface area contributed by atoms with E-state index in [2.05, 4.69) is 13.8 Å². The third-order valence-electron chi connectivity index (χ3n) is 3.49. The van der Waals surface area contributed by atoms with Gasteiger partial charge in [-0.15, -0.1) is 12.4 Å². The van der Waals surface area contributed by atoms with Crippen molar-refractivity contribution < 1.29 is 17.9 Å². The summed E-state index contributed by atoms with van der Waals surface area (Å²) in [6.07, 6.45) is 2.43. The molecule has 0 spiro atoms. The van der Waals surface area contributed by atoms with E-state index in [1.54, 1.807) is 0 Å². The molecule has 2 N–H and O–H groups in total. The molecule has 120 valence electrons. The number of hydrogen-bond acceptors (Lipinski definition) is 5. The van der Waals surface area contributed by atoms with Crippen LogP contribution in [0.3, 0.4) is 0 Å². The predicted molar refractivity (Wildman–Crippen MR) is 81.6 cm³/mol. The van der Waals surface area contributed by atoms with Crippen LogP contribution in [0.15, 0.2) is 0 Å². The smallest absolute Gasteiger partial charge is 0.306 e. The molecule has 1 aliphatic rings. The number of halogens is 1. The van der Waals surface area contributed by atoms with Crippen LogP contribution in [0.1, 0.15) is 39.5 Å². The van der Waals surface area contributed by atoms with Crippen LogP contribution in [0, 0.1) is 11.8 Å². The van der Waals surface area contributed by atoms with Gasteiger partial charge >= 0.3 is 5.97 Å². The maximum Gasteiger partial charge on any atom is 0.306 e. The van der Waals surface area contributed by atoms with E-state index in [-0.39, 0.29) is 43.1 Å². The molecule has 0 aromatic rings. The van der Waals surface area contributed by atoms with Crippen molar-refractivity contribution in [2.24, 2.45) is 17.6 Å². The fourth-order valence-electron chi connectivity index (χ4n) is 2.46. The lowest BCUT2D eigenvalue weighted by atomic mass is 9.94. The number of sulfone groups is 1. The van der Waals surface area contributed by atoms with E-state index in [0.29, 0.717) is 25.3 Å². The molecule has 1 aliphatic heterocycles. The van der Waals surface area contributed by atoms with Gasteiger partial charge in [-0.25, -0.2) is 8.42 Å². The van der Waals surface area contributed by atoms with Crippen LogP contribution < -0.4 is 5.73 Å². The van der Waals surface area contributed by atoms with Crippen molar-refractivity contribution in [3.8, 4) is 0 Å². The lowest BCUT2D eigenvalue weighted by Crippen LogP contribution is -2.26. The Balaban J connectivity index is 0.00000361. The molecule has 1 fully saturated rings. The van der Waals surface area contributed by atoms with Crippen LogP contribution in [0.4, 0.5) is 0 Å². The first-order valence-corrected chi connectivity index (χ1v) is 8.64. The molecule has 0 saturated carbocycles. The van der Waals surface area contributed by atoms with Gasteiger partial charge in [-0.3, -0.25) is 4.79 Å². The normalized spacial score (nSPS) is 22.3. The van der Waals surface area contributed by atoms with Crippen LogP contribution >= 0.6 is 12.4 Å². The van der Waals surface area contributed by atoms with Crippen LogP contribution in [0.2, 0.25) is 0 Å². The van der Waals surface area contributed by atoms with E-state index >= 15 is 0 Å². The molecular formula is C13H26ClNO4S. The second-order valence-electron chi connectivity index (χ2n) is 5.75. The van der Waals surface area contributed by atoms with Gasteiger partial charge in [0.2, 0.25) is 0 Å². The predicted octanol–water partition coefficient (Wildman–Crippen LogP) is 1.54. The summed E-state index contributed by atoms with van der Waals surface area (Å²) in [5.41, 5.74) is 5.63. The van der Waals surface area contributed by atoms with Gasteiger partial charge in [-0.05, 0) is 37.6 Å². The molecule has 0 radical (unpaired) electrons. The molecule has 0 bridgehead atoms. The van der Waals surface area contributed by atoms with E-state index in [4.69, 9.17) is 10.5 Å². The minimum absolute atomic E-state index is 0. The van der Waals surface area contributed by atoms with Gasteiger partial charge in [0.15, 0.2) is 9.84 Å². The summed E-state index contributed by atoms with van der Waals surface area (Å²) >= 11 is 0. The molecule has 0 aromatic heterocycles. The monoisotopic (exact) mass is 327 g/mol. The molecule has 0 aliphatic carbocycles. The molecule has 0 aromatic carbocycles. The Labute approximate surface area is 128 Å². The zero-order chi connectivity index (χ0) is 14.5. The van der Waals surface area contributed by atoms with Gasteiger partial charge in [0.25, 0.3) is 0 Å². The van der Waals surface area contributed by atoms with E-state index in [0.717, 1.165) is 6.42 Å². The minimum atomic E-state index is -3.04. The van der Waals surface area contributed by atoms with Gasteiger partial charge in [0.1, 0.15) is 6.61 Å². The molecule has 1 saturated heterocycles. The summed E-state index contributed by atoms with van der Waals surface area (Å²) in [6.45, 7) is 4.62. The zero-order valence-corrected chi connectivity index (χ0v) is 13.8. The Bertz CT molecular complexity index is 397. The van der Waals surface area contributed by atoms with Crippen LogP contribution in [0.5, 0.6) is 0 Å². The Morgan fingerprint density at radius 2 is 2.05 bits per heavy atom. The van der Waals surface area contributed by atoms with Gasteiger partial charge < -0.3 is 10.5 Å². The number of carbonyl (C=O) groups is 1. The molecular weight excluding hydrogens is 302 g/mol. The van der Waals surface area contributed by atoms with Crippen LogP contribution in [-0.4, -0.2) is 38.5 Å². The highest BCUT2D eigenvalue weighted by Gasteiger charge is 2.32. The summed E-state index contributed by atoms with van der Waals surface area (Å²) in [7, 11) is -3.04. The van der Waals surface area contributed by atoms with Crippen molar-refractivity contribution in [2.45, 2.75) is 44.8 Å². The summed E-state index contributed by atoms with van der Waals surface area (Å²) in [5, 5.41) is -0.502. The maximum absolute atomic E-state index is 11.7. The molecule has 1 unspecified atom stereocenters. The van der Waals surface area contributed by atoms with Gasteiger partial charge in [0.05, 0.1) is 11.0 Å². The van der Waals surface area contributed by atoms with Crippen LogP contribution in [-0.2, 0) is 19.4 Å². The molecule has 2 atom stereocenters. The molecule has 7 heteroatoms. The maximum atomic E-state index is 11.7. The number of ether oxygens (including phenoxy) is 1. The number of esters is 1. The minimum Gasteiger partial charge on any atom is -0.464 e. The van der Waals surface area contributed by atoms with Crippen molar-refractivity contribution >= 4 is 28.2 Å². The average molecular weight is 328 g/mol. The largest absolute Gasteiger partial charge is 0.464 e. The van der Waals surface area contributed by atoms with Crippen molar-refractivity contribution in [2.75, 3.05) is 18.9 Å². The molecule has 20 heavy (non-hydrogen) atoms. The van der Waals surface area contributed by atoms with Crippen LogP contribution in [0.25, 0.3) is 0 Å². The van der Waals surface area contributed by atoms with E-state index in [1.165, 1.54) is 0 Å². The highest BCUT2D eigenvalue weighted by Crippen LogP contribution is 2.21. The first-order valence-electron chi connectivity index (χ1n) is 6.92. The van der Waals surface area contributed by atoms with Gasteiger partial charge in [-0.1, -0.05) is 13.8 Å². The summed E-state index contributed by atoms with van der Waals surface area (Å²) in [5.74, 6) is 0.482. The summed E-state index contributed by atoms with van der Waals surface area (Å²) in [4.78, 5) is 11.7. The molecule has 0 amide bonds. The van der Waals surface area contributed by atoms with E-state index in [9.17, 15) is 13.2 Å². The highest BCUT2D eigenvalue weighted by molar-refractivity contribution is 7.92. The van der Waals surface area contributed by atoms with Crippen molar-refractivity contribution in [3.63, 3.8) is 0 Å². The third kappa shape index (κ3) is 6.41. The van der Waals surface area contributed by atoms with Crippen molar-refractivity contribution in [1.29, 1.82) is 0 Å². The molecule has 5 nitrogen and oxygen atoms in total. The van der Waals surface area contributed by atoms with Gasteiger partial charge in [0, 0.05) is 6.42 Å².